The highest BCUT2D eigenvalue weighted by molar-refractivity contribution is 6.31. The van der Waals surface area contributed by atoms with Gasteiger partial charge in [0.1, 0.15) is 5.75 Å². The van der Waals surface area contributed by atoms with E-state index in [1.54, 1.807) is 31.4 Å². The van der Waals surface area contributed by atoms with Gasteiger partial charge < -0.3 is 15.4 Å². The zero-order valence-corrected chi connectivity index (χ0v) is 14.3. The molecule has 126 valence electrons. The van der Waals surface area contributed by atoms with E-state index in [4.69, 9.17) is 16.3 Å². The first-order valence-corrected chi connectivity index (χ1v) is 7.82. The second kappa shape index (κ2) is 8.36. The van der Waals surface area contributed by atoms with Gasteiger partial charge in [0.25, 0.3) is 0 Å². The summed E-state index contributed by atoms with van der Waals surface area (Å²) in [6.07, 6.45) is 0.202. The van der Waals surface area contributed by atoms with E-state index in [0.29, 0.717) is 23.0 Å². The zero-order valence-electron chi connectivity index (χ0n) is 13.6. The summed E-state index contributed by atoms with van der Waals surface area (Å²) in [7, 11) is 1.56. The quantitative estimate of drug-likeness (QED) is 0.844. The van der Waals surface area contributed by atoms with Crippen LogP contribution in [0.15, 0.2) is 42.5 Å². The molecule has 0 aliphatic rings. The van der Waals surface area contributed by atoms with Crippen molar-refractivity contribution in [3.63, 3.8) is 0 Å². The standard InChI is InChI=1S/C18H19ClN2O3/c1-12(22)21-15-7-8-17(24-2)14(9-15)11-20-18(23)10-13-5-3-4-6-16(13)19/h3-9H,10-11H2,1-2H3,(H,20,23)(H,21,22). The number of amides is 2. The Labute approximate surface area is 146 Å². The first-order valence-electron chi connectivity index (χ1n) is 7.44. The van der Waals surface area contributed by atoms with Gasteiger partial charge in [-0.15, -0.1) is 0 Å². The Morgan fingerprint density at radius 1 is 1.12 bits per heavy atom. The van der Waals surface area contributed by atoms with E-state index in [1.807, 2.05) is 18.2 Å². The van der Waals surface area contributed by atoms with E-state index in [-0.39, 0.29) is 18.2 Å². The molecule has 0 spiro atoms. The minimum absolute atomic E-state index is 0.143. The van der Waals surface area contributed by atoms with Crippen molar-refractivity contribution in [3.05, 3.63) is 58.6 Å². The molecule has 2 aromatic rings. The number of anilines is 1. The Morgan fingerprint density at radius 2 is 1.88 bits per heavy atom. The number of benzene rings is 2. The topological polar surface area (TPSA) is 67.4 Å². The van der Waals surface area contributed by atoms with Gasteiger partial charge in [0.2, 0.25) is 11.8 Å². The van der Waals surface area contributed by atoms with Gasteiger partial charge in [-0.25, -0.2) is 0 Å². The van der Waals surface area contributed by atoms with Crippen molar-refractivity contribution in [1.82, 2.24) is 5.32 Å². The van der Waals surface area contributed by atoms with Crippen LogP contribution in [0.5, 0.6) is 5.75 Å². The highest BCUT2D eigenvalue weighted by atomic mass is 35.5. The third-order valence-corrected chi connectivity index (χ3v) is 3.75. The number of carbonyl (C=O) groups is 2. The van der Waals surface area contributed by atoms with Crippen LogP contribution in [0.1, 0.15) is 18.1 Å². The second-order valence-electron chi connectivity index (χ2n) is 5.25. The first-order chi connectivity index (χ1) is 11.5. The molecule has 2 amide bonds. The number of rotatable bonds is 6. The maximum Gasteiger partial charge on any atom is 0.224 e. The molecule has 0 radical (unpaired) electrons. The molecule has 0 aliphatic heterocycles. The molecule has 0 heterocycles. The molecule has 0 aliphatic carbocycles. The molecule has 6 heteroatoms. The molecule has 24 heavy (non-hydrogen) atoms. The normalized spacial score (nSPS) is 10.1. The lowest BCUT2D eigenvalue weighted by atomic mass is 10.1. The van der Waals surface area contributed by atoms with E-state index >= 15 is 0 Å². The van der Waals surface area contributed by atoms with Gasteiger partial charge in [-0.3, -0.25) is 9.59 Å². The molecule has 0 unspecified atom stereocenters. The molecule has 2 N–H and O–H groups in total. The monoisotopic (exact) mass is 346 g/mol. The van der Waals surface area contributed by atoms with Gasteiger partial charge in [-0.05, 0) is 29.8 Å². The van der Waals surface area contributed by atoms with Crippen LogP contribution in [0.2, 0.25) is 5.02 Å². The summed E-state index contributed by atoms with van der Waals surface area (Å²) < 4.78 is 5.29. The SMILES string of the molecule is COc1ccc(NC(C)=O)cc1CNC(=O)Cc1ccccc1Cl. The van der Waals surface area contributed by atoms with Crippen LogP contribution in [-0.2, 0) is 22.6 Å². The fraction of sp³-hybridized carbons (Fsp3) is 0.222. The zero-order chi connectivity index (χ0) is 17.5. The number of ether oxygens (including phenoxy) is 1. The number of halogens is 1. The molecule has 2 aromatic carbocycles. The summed E-state index contributed by atoms with van der Waals surface area (Å²) in [5, 5.41) is 6.11. The van der Waals surface area contributed by atoms with Crippen LogP contribution in [0.4, 0.5) is 5.69 Å². The molecule has 0 saturated heterocycles. The third kappa shape index (κ3) is 4.99. The molecule has 0 atom stereocenters. The lowest BCUT2D eigenvalue weighted by molar-refractivity contribution is -0.120. The fourth-order valence-electron chi connectivity index (χ4n) is 2.27. The highest BCUT2D eigenvalue weighted by Crippen LogP contribution is 2.23. The molecule has 0 saturated carbocycles. The largest absolute Gasteiger partial charge is 0.496 e. The van der Waals surface area contributed by atoms with E-state index in [9.17, 15) is 9.59 Å². The Bertz CT molecular complexity index is 747. The van der Waals surface area contributed by atoms with E-state index in [0.717, 1.165) is 11.1 Å². The summed E-state index contributed by atoms with van der Waals surface area (Å²) in [6, 6.07) is 12.5. The summed E-state index contributed by atoms with van der Waals surface area (Å²) in [5.74, 6) is 0.339. The highest BCUT2D eigenvalue weighted by Gasteiger charge is 2.09. The number of hydrogen-bond acceptors (Lipinski definition) is 3. The first kappa shape index (κ1) is 17.8. The van der Waals surface area contributed by atoms with Crippen LogP contribution in [0.25, 0.3) is 0 Å². The van der Waals surface area contributed by atoms with Crippen molar-refractivity contribution in [2.75, 3.05) is 12.4 Å². The number of carbonyl (C=O) groups excluding carboxylic acids is 2. The van der Waals surface area contributed by atoms with Gasteiger partial charge >= 0.3 is 0 Å². The molecular weight excluding hydrogens is 328 g/mol. The minimum Gasteiger partial charge on any atom is -0.496 e. The predicted octanol–water partition coefficient (Wildman–Crippen LogP) is 3.17. The Kier molecular flexibility index (Phi) is 6.21. The lowest BCUT2D eigenvalue weighted by Crippen LogP contribution is -2.25. The Balaban J connectivity index is 2.03. The van der Waals surface area contributed by atoms with Crippen LogP contribution < -0.4 is 15.4 Å². The molecule has 0 aromatic heterocycles. The van der Waals surface area contributed by atoms with Gasteiger partial charge in [0, 0.05) is 29.7 Å². The Morgan fingerprint density at radius 3 is 2.54 bits per heavy atom. The van der Waals surface area contributed by atoms with Gasteiger partial charge in [0.05, 0.1) is 13.5 Å². The van der Waals surface area contributed by atoms with E-state index < -0.39 is 0 Å². The van der Waals surface area contributed by atoms with E-state index in [1.165, 1.54) is 6.92 Å². The molecular formula is C18H19ClN2O3. The Hall–Kier alpha value is -2.53. The van der Waals surface area contributed by atoms with Crippen LogP contribution >= 0.6 is 11.6 Å². The van der Waals surface area contributed by atoms with Crippen molar-refractivity contribution in [3.8, 4) is 5.75 Å². The van der Waals surface area contributed by atoms with Crippen molar-refractivity contribution in [1.29, 1.82) is 0 Å². The maximum atomic E-state index is 12.1. The average Bonchev–Trinajstić information content (AvgIpc) is 2.55. The average molecular weight is 347 g/mol. The van der Waals surface area contributed by atoms with Crippen molar-refractivity contribution in [2.24, 2.45) is 0 Å². The minimum atomic E-state index is -0.158. The maximum absolute atomic E-state index is 12.1. The van der Waals surface area contributed by atoms with Crippen molar-refractivity contribution < 1.29 is 14.3 Å². The van der Waals surface area contributed by atoms with Crippen LogP contribution in [0, 0.1) is 0 Å². The molecule has 0 bridgehead atoms. The number of hydrogen-bond donors (Lipinski definition) is 2. The summed E-state index contributed by atoms with van der Waals surface area (Å²) >= 11 is 6.06. The van der Waals surface area contributed by atoms with Crippen molar-refractivity contribution >= 4 is 29.1 Å². The summed E-state index contributed by atoms with van der Waals surface area (Å²) in [6.45, 7) is 1.73. The predicted molar refractivity (Wildman–Crippen MR) is 94.3 cm³/mol. The summed E-state index contributed by atoms with van der Waals surface area (Å²) in [5.41, 5.74) is 2.20. The van der Waals surface area contributed by atoms with Gasteiger partial charge in [-0.2, -0.15) is 0 Å². The molecule has 2 rings (SSSR count). The number of nitrogens with one attached hydrogen (secondary N) is 2. The molecule has 5 nitrogen and oxygen atoms in total. The van der Waals surface area contributed by atoms with Gasteiger partial charge in [0.15, 0.2) is 0 Å². The number of methoxy groups -OCH3 is 1. The lowest BCUT2D eigenvalue weighted by Gasteiger charge is -2.12. The van der Waals surface area contributed by atoms with Gasteiger partial charge in [-0.1, -0.05) is 29.8 Å². The van der Waals surface area contributed by atoms with Crippen LogP contribution in [-0.4, -0.2) is 18.9 Å². The molecule has 0 fully saturated rings. The van der Waals surface area contributed by atoms with E-state index in [2.05, 4.69) is 10.6 Å². The van der Waals surface area contributed by atoms with Crippen molar-refractivity contribution in [2.45, 2.75) is 19.9 Å². The summed E-state index contributed by atoms with van der Waals surface area (Å²) in [4.78, 5) is 23.3. The second-order valence-corrected chi connectivity index (χ2v) is 5.66. The third-order valence-electron chi connectivity index (χ3n) is 3.39. The van der Waals surface area contributed by atoms with Crippen LogP contribution in [0.3, 0.4) is 0 Å². The fourth-order valence-corrected chi connectivity index (χ4v) is 2.47. The smallest absolute Gasteiger partial charge is 0.224 e.